The number of hydrogen-bond donors (Lipinski definition) is 3. The number of piperidine rings is 2. The summed E-state index contributed by atoms with van der Waals surface area (Å²) >= 11 is 0. The van der Waals surface area contributed by atoms with Crippen LogP contribution in [-0.2, 0) is 16.1 Å². The first kappa shape index (κ1) is 31.9. The van der Waals surface area contributed by atoms with Crippen LogP contribution in [-0.4, -0.2) is 108 Å². The summed E-state index contributed by atoms with van der Waals surface area (Å²) in [6.45, 7) is 10.8. The van der Waals surface area contributed by atoms with Crippen molar-refractivity contribution in [1.82, 2.24) is 44.9 Å². The van der Waals surface area contributed by atoms with Crippen LogP contribution < -0.4 is 20.3 Å². The van der Waals surface area contributed by atoms with E-state index >= 15 is 0 Å². The summed E-state index contributed by atoms with van der Waals surface area (Å²) in [5, 5.41) is 17.7. The predicted molar refractivity (Wildman–Crippen MR) is 187 cm³/mol. The van der Waals surface area contributed by atoms with Gasteiger partial charge in [-0.05, 0) is 69.2 Å². The number of hydrogen-bond acceptors (Lipinski definition) is 11. The van der Waals surface area contributed by atoms with Crippen molar-refractivity contribution in [3.8, 4) is 17.1 Å². The van der Waals surface area contributed by atoms with Crippen molar-refractivity contribution in [2.24, 2.45) is 11.3 Å². The lowest BCUT2D eigenvalue weighted by atomic mass is 9.59. The van der Waals surface area contributed by atoms with Gasteiger partial charge in [0.05, 0.1) is 18.5 Å². The molecule has 15 heteroatoms. The third kappa shape index (κ3) is 5.58. The summed E-state index contributed by atoms with van der Waals surface area (Å²) in [5.74, 6) is 0.783. The first-order valence-corrected chi connectivity index (χ1v) is 18.1. The quantitative estimate of drug-likeness (QED) is 0.232. The molecule has 4 fully saturated rings. The summed E-state index contributed by atoms with van der Waals surface area (Å²) in [6.07, 6.45) is 9.23. The average molecular weight is 694 g/mol. The smallest absolute Gasteiger partial charge is 0.255 e. The van der Waals surface area contributed by atoms with Gasteiger partial charge in [-0.1, -0.05) is 6.92 Å². The van der Waals surface area contributed by atoms with Crippen LogP contribution in [0.2, 0.25) is 0 Å². The topological polar surface area (TPSA) is 166 Å². The van der Waals surface area contributed by atoms with Crippen LogP contribution in [0.3, 0.4) is 0 Å². The average Bonchev–Trinajstić information content (AvgIpc) is 3.81. The van der Waals surface area contributed by atoms with Gasteiger partial charge in [0.2, 0.25) is 23.6 Å². The monoisotopic (exact) mass is 693 g/mol. The molecule has 3 N–H and O–H groups in total. The summed E-state index contributed by atoms with van der Waals surface area (Å²) < 4.78 is 7.89. The van der Waals surface area contributed by atoms with E-state index in [1.807, 2.05) is 26.0 Å². The second-order valence-electron chi connectivity index (χ2n) is 15.4. The number of benzene rings is 1. The second-order valence-corrected chi connectivity index (χ2v) is 15.4. The van der Waals surface area contributed by atoms with E-state index in [2.05, 4.69) is 48.6 Å². The molecule has 0 radical (unpaired) electrons. The van der Waals surface area contributed by atoms with Crippen molar-refractivity contribution in [2.75, 3.05) is 36.4 Å². The molecule has 1 aliphatic carbocycles. The molecule has 51 heavy (non-hydrogen) atoms. The minimum Gasteiger partial charge on any atom is -0.473 e. The molecular formula is C36H43N11O4. The predicted octanol–water partition coefficient (Wildman–Crippen LogP) is 2.85. The number of carbonyl (C=O) groups excluding carboxylic acids is 3. The molecule has 4 aromatic rings. The minimum atomic E-state index is -0.589. The lowest BCUT2D eigenvalue weighted by molar-refractivity contribution is -0.136. The summed E-state index contributed by atoms with van der Waals surface area (Å²) in [5.41, 5.74) is 5.23. The van der Waals surface area contributed by atoms with Gasteiger partial charge in [0.1, 0.15) is 11.7 Å². The van der Waals surface area contributed by atoms with Gasteiger partial charge in [-0.2, -0.15) is 14.6 Å². The number of ether oxygens (including phenoxy) is 1. The van der Waals surface area contributed by atoms with E-state index in [4.69, 9.17) is 14.8 Å². The fourth-order valence-corrected chi connectivity index (χ4v) is 8.85. The third-order valence-electron chi connectivity index (χ3n) is 11.5. The molecule has 15 nitrogen and oxygen atoms in total. The molecule has 4 aliphatic heterocycles. The molecule has 1 saturated carbocycles. The van der Waals surface area contributed by atoms with E-state index in [1.54, 1.807) is 28.0 Å². The highest BCUT2D eigenvalue weighted by Crippen LogP contribution is 2.52. The maximum Gasteiger partial charge on any atom is 0.255 e. The van der Waals surface area contributed by atoms with Crippen LogP contribution in [0.5, 0.6) is 5.88 Å². The number of H-pyrrole nitrogens is 1. The number of nitrogens with zero attached hydrogens (tertiary/aromatic N) is 8. The number of nitrogens with one attached hydrogen (secondary N) is 3. The number of aromatic amines is 1. The van der Waals surface area contributed by atoms with Gasteiger partial charge >= 0.3 is 0 Å². The number of amides is 3. The summed E-state index contributed by atoms with van der Waals surface area (Å²) in [6, 6.07) is 6.34. The van der Waals surface area contributed by atoms with Crippen LogP contribution in [0, 0.1) is 11.3 Å². The molecule has 3 atom stereocenters. The second kappa shape index (κ2) is 12.0. The number of likely N-dealkylation sites (tertiary alicyclic amines) is 1. The Bertz CT molecular complexity index is 2010. The molecule has 1 aromatic carbocycles. The van der Waals surface area contributed by atoms with Crippen LogP contribution in [0.15, 0.2) is 36.8 Å². The fourth-order valence-electron chi connectivity index (χ4n) is 8.85. The molecular weight excluding hydrogens is 650 g/mol. The zero-order valence-corrected chi connectivity index (χ0v) is 29.1. The lowest BCUT2D eigenvalue weighted by Gasteiger charge is -2.62. The van der Waals surface area contributed by atoms with E-state index in [0.717, 1.165) is 49.4 Å². The summed E-state index contributed by atoms with van der Waals surface area (Å²) in [7, 11) is 0. The Kier molecular flexibility index (Phi) is 7.53. The van der Waals surface area contributed by atoms with Crippen LogP contribution in [0.4, 0.5) is 11.6 Å². The molecule has 1 unspecified atom stereocenters. The van der Waals surface area contributed by atoms with Gasteiger partial charge < -0.3 is 19.9 Å². The molecule has 3 aromatic heterocycles. The Morgan fingerprint density at radius 2 is 1.94 bits per heavy atom. The largest absolute Gasteiger partial charge is 0.473 e. The third-order valence-corrected chi connectivity index (χ3v) is 11.5. The van der Waals surface area contributed by atoms with Crippen LogP contribution in [0.25, 0.3) is 16.9 Å². The molecule has 266 valence electrons. The van der Waals surface area contributed by atoms with Crippen molar-refractivity contribution >= 4 is 35.0 Å². The lowest BCUT2D eigenvalue weighted by Crippen LogP contribution is -2.67. The SMILES string of the molecule is CC(C)Oc1c(-c2cn[nH]c2)ncc2nc(N[C@H]3CCN(C4CC5(C4)CN(c4ccc6c(c4)CN(C4CCC(=O)NC4=O)C6=O)C5)C[C@H]3C)nn12. The molecule has 0 bridgehead atoms. The van der Waals surface area contributed by atoms with Gasteiger partial charge in [-0.15, -0.1) is 5.10 Å². The Morgan fingerprint density at radius 3 is 2.69 bits per heavy atom. The molecule has 5 aliphatic rings. The van der Waals surface area contributed by atoms with Crippen LogP contribution >= 0.6 is 0 Å². The molecule has 1 spiro atoms. The molecule has 3 amide bonds. The Labute approximate surface area is 295 Å². The highest BCUT2D eigenvalue weighted by Gasteiger charge is 2.54. The summed E-state index contributed by atoms with van der Waals surface area (Å²) in [4.78, 5) is 53.2. The number of rotatable bonds is 8. The van der Waals surface area contributed by atoms with Crippen molar-refractivity contribution in [2.45, 2.75) is 83.6 Å². The highest BCUT2D eigenvalue weighted by molar-refractivity contribution is 6.05. The number of carbonyl (C=O) groups is 3. The van der Waals surface area contributed by atoms with Gasteiger partial charge in [0.15, 0.2) is 5.65 Å². The van der Waals surface area contributed by atoms with E-state index < -0.39 is 6.04 Å². The van der Waals surface area contributed by atoms with Crippen LogP contribution in [0.1, 0.15) is 68.8 Å². The van der Waals surface area contributed by atoms with Gasteiger partial charge in [0, 0.05) is 79.7 Å². The minimum absolute atomic E-state index is 0.0624. The van der Waals surface area contributed by atoms with E-state index in [1.165, 1.54) is 12.8 Å². The maximum absolute atomic E-state index is 13.1. The number of fused-ring (bicyclic) bond motifs is 2. The first-order valence-electron chi connectivity index (χ1n) is 18.1. The Hall–Kier alpha value is -5.05. The van der Waals surface area contributed by atoms with Crippen molar-refractivity contribution in [3.63, 3.8) is 0 Å². The molecule has 9 rings (SSSR count). The van der Waals surface area contributed by atoms with E-state index in [-0.39, 0.29) is 36.3 Å². The molecule has 3 saturated heterocycles. The maximum atomic E-state index is 13.1. The Morgan fingerprint density at radius 1 is 1.10 bits per heavy atom. The van der Waals surface area contributed by atoms with E-state index in [9.17, 15) is 14.4 Å². The number of imide groups is 1. The van der Waals surface area contributed by atoms with Crippen molar-refractivity contribution in [3.05, 3.63) is 47.9 Å². The standard InChI is InChI=1S/C36H43N11O4/c1-20(2)51-34-31(23-13-38-39-14-23)37-15-29-41-35(43-47(29)34)40-27-8-9-44(16-21(27)3)25-11-36(12-25)18-45(19-36)24-4-5-26-22(10-24)17-46(33(26)50)28-6-7-30(48)42-32(28)49/h4-5,10,13-15,20-21,25,27-28H,6-9,11-12,16-19H2,1-3H3,(H,38,39)(H,40,43)(H,42,48,49)/t21-,27+,28?/m1/s1. The normalized spacial score (nSPS) is 24.9. The molecule has 7 heterocycles. The fraction of sp³-hybridized carbons (Fsp3) is 0.528. The van der Waals surface area contributed by atoms with Gasteiger partial charge in [-0.3, -0.25) is 29.7 Å². The van der Waals surface area contributed by atoms with E-state index in [0.29, 0.717) is 59.1 Å². The van der Waals surface area contributed by atoms with Gasteiger partial charge in [0.25, 0.3) is 5.91 Å². The first-order chi connectivity index (χ1) is 24.6. The number of aromatic nitrogens is 6. The Balaban J connectivity index is 0.787. The highest BCUT2D eigenvalue weighted by atomic mass is 16.5. The van der Waals surface area contributed by atoms with Gasteiger partial charge in [-0.25, -0.2) is 4.98 Å². The zero-order valence-electron chi connectivity index (χ0n) is 29.1. The van der Waals surface area contributed by atoms with Crippen molar-refractivity contribution < 1.29 is 19.1 Å². The number of anilines is 2. The van der Waals surface area contributed by atoms with Crippen molar-refractivity contribution in [1.29, 1.82) is 0 Å². The zero-order chi connectivity index (χ0) is 35.0.